The maximum Gasteiger partial charge on any atom is 0.133 e. The molecule has 1 aromatic carbocycles. The average Bonchev–Trinajstić information content (AvgIpc) is 2.63. The van der Waals surface area contributed by atoms with Crippen molar-refractivity contribution < 1.29 is 8.78 Å². The fourth-order valence-corrected chi connectivity index (χ4v) is 3.09. The molecule has 0 radical (unpaired) electrons. The van der Waals surface area contributed by atoms with E-state index in [0.29, 0.717) is 17.9 Å². The van der Waals surface area contributed by atoms with Crippen molar-refractivity contribution in [2.75, 3.05) is 0 Å². The van der Waals surface area contributed by atoms with E-state index in [4.69, 9.17) is 5.73 Å². The Balaban J connectivity index is 2.10. The zero-order valence-electron chi connectivity index (χ0n) is 11.6. The number of aryl methyl sites for hydroxylation is 1. The molecule has 0 aliphatic heterocycles. The van der Waals surface area contributed by atoms with Crippen LogP contribution in [0.2, 0.25) is 0 Å². The van der Waals surface area contributed by atoms with Crippen LogP contribution in [0.1, 0.15) is 62.1 Å². The summed E-state index contributed by atoms with van der Waals surface area (Å²) in [4.78, 5) is 0. The second-order valence-corrected chi connectivity index (χ2v) is 5.79. The molecule has 19 heavy (non-hydrogen) atoms. The molecule has 2 N–H and O–H groups in total. The third-order valence-electron chi connectivity index (χ3n) is 4.25. The smallest absolute Gasteiger partial charge is 0.133 e. The second-order valence-electron chi connectivity index (χ2n) is 5.79. The Morgan fingerprint density at radius 1 is 1.16 bits per heavy atom. The predicted octanol–water partition coefficient (Wildman–Crippen LogP) is 4.63. The number of rotatable bonds is 3. The molecular weight excluding hydrogens is 244 g/mol. The molecule has 1 fully saturated rings. The molecule has 1 aliphatic rings. The number of nitrogens with two attached hydrogens (primary N) is 1. The van der Waals surface area contributed by atoms with E-state index in [1.807, 2.05) is 0 Å². The van der Waals surface area contributed by atoms with Crippen LogP contribution in [-0.4, -0.2) is 0 Å². The monoisotopic (exact) mass is 267 g/mol. The van der Waals surface area contributed by atoms with Crippen LogP contribution in [0.25, 0.3) is 0 Å². The van der Waals surface area contributed by atoms with Crippen molar-refractivity contribution in [3.05, 3.63) is 34.9 Å². The molecule has 0 bridgehead atoms. The molecule has 0 spiro atoms. The van der Waals surface area contributed by atoms with Gasteiger partial charge in [0.15, 0.2) is 0 Å². The van der Waals surface area contributed by atoms with Gasteiger partial charge < -0.3 is 5.73 Å². The van der Waals surface area contributed by atoms with Gasteiger partial charge in [0, 0.05) is 11.6 Å². The molecule has 0 aromatic heterocycles. The predicted molar refractivity (Wildman–Crippen MR) is 73.8 cm³/mol. The molecular formula is C16H23F2N. The molecule has 0 saturated heterocycles. The number of benzene rings is 1. The summed E-state index contributed by atoms with van der Waals surface area (Å²) >= 11 is 0. The Bertz CT molecular complexity index is 423. The lowest BCUT2D eigenvalue weighted by molar-refractivity contribution is 0.380. The molecule has 106 valence electrons. The van der Waals surface area contributed by atoms with Crippen LogP contribution in [0.5, 0.6) is 0 Å². The number of hydrogen-bond acceptors (Lipinski definition) is 1. The van der Waals surface area contributed by atoms with E-state index >= 15 is 0 Å². The largest absolute Gasteiger partial charge is 0.324 e. The van der Waals surface area contributed by atoms with Gasteiger partial charge in [-0.05, 0) is 30.9 Å². The SMILES string of the molecule is Cc1ccc(F)c(C(N)CC2CCCCCC2)c1F. The van der Waals surface area contributed by atoms with E-state index in [1.165, 1.54) is 37.8 Å². The first-order valence-corrected chi connectivity index (χ1v) is 7.29. The molecule has 1 atom stereocenters. The van der Waals surface area contributed by atoms with Crippen molar-refractivity contribution in [3.63, 3.8) is 0 Å². The summed E-state index contributed by atoms with van der Waals surface area (Å²) in [5.74, 6) is -0.470. The Morgan fingerprint density at radius 3 is 2.42 bits per heavy atom. The van der Waals surface area contributed by atoms with Crippen molar-refractivity contribution in [2.45, 2.75) is 57.9 Å². The Kier molecular flexibility index (Phi) is 4.92. The first kappa shape index (κ1) is 14.4. The van der Waals surface area contributed by atoms with Gasteiger partial charge >= 0.3 is 0 Å². The molecule has 1 saturated carbocycles. The highest BCUT2D eigenvalue weighted by atomic mass is 19.1. The highest BCUT2D eigenvalue weighted by Crippen LogP contribution is 2.32. The topological polar surface area (TPSA) is 26.0 Å². The van der Waals surface area contributed by atoms with Gasteiger partial charge in [-0.15, -0.1) is 0 Å². The lowest BCUT2D eigenvalue weighted by Crippen LogP contribution is -2.18. The molecule has 0 heterocycles. The summed E-state index contributed by atoms with van der Waals surface area (Å²) in [6, 6.07) is 2.26. The maximum atomic E-state index is 14.0. The molecule has 1 unspecified atom stereocenters. The van der Waals surface area contributed by atoms with E-state index in [0.717, 1.165) is 12.8 Å². The van der Waals surface area contributed by atoms with Crippen LogP contribution >= 0.6 is 0 Å². The molecule has 2 rings (SSSR count). The first-order chi connectivity index (χ1) is 9.09. The molecule has 0 amide bonds. The van der Waals surface area contributed by atoms with E-state index in [-0.39, 0.29) is 5.56 Å². The number of halogens is 2. The molecule has 1 nitrogen and oxygen atoms in total. The third-order valence-corrected chi connectivity index (χ3v) is 4.25. The van der Waals surface area contributed by atoms with Crippen LogP contribution in [0.3, 0.4) is 0 Å². The van der Waals surface area contributed by atoms with Crippen LogP contribution in [0.4, 0.5) is 8.78 Å². The average molecular weight is 267 g/mol. The third kappa shape index (κ3) is 3.53. The van der Waals surface area contributed by atoms with Crippen molar-refractivity contribution in [2.24, 2.45) is 11.7 Å². The van der Waals surface area contributed by atoms with Crippen molar-refractivity contribution in [1.82, 2.24) is 0 Å². The lowest BCUT2D eigenvalue weighted by Gasteiger charge is -2.21. The minimum Gasteiger partial charge on any atom is -0.324 e. The van der Waals surface area contributed by atoms with Crippen molar-refractivity contribution in [3.8, 4) is 0 Å². The Morgan fingerprint density at radius 2 is 1.79 bits per heavy atom. The minimum absolute atomic E-state index is 0.0734. The van der Waals surface area contributed by atoms with Gasteiger partial charge in [-0.1, -0.05) is 44.6 Å². The highest BCUT2D eigenvalue weighted by molar-refractivity contribution is 5.29. The van der Waals surface area contributed by atoms with Crippen LogP contribution < -0.4 is 5.73 Å². The van der Waals surface area contributed by atoms with Gasteiger partial charge in [0.05, 0.1) is 0 Å². The summed E-state index contributed by atoms with van der Waals surface area (Å²) < 4.78 is 27.8. The fourth-order valence-electron chi connectivity index (χ4n) is 3.09. The standard InChI is InChI=1S/C16H23F2N/c1-11-8-9-13(17)15(16(11)18)14(19)10-12-6-4-2-3-5-7-12/h8-9,12,14H,2-7,10,19H2,1H3. The molecule has 1 aromatic rings. The molecule has 3 heteroatoms. The van der Waals surface area contributed by atoms with E-state index in [2.05, 4.69) is 0 Å². The van der Waals surface area contributed by atoms with Crippen molar-refractivity contribution in [1.29, 1.82) is 0 Å². The van der Waals surface area contributed by atoms with E-state index in [9.17, 15) is 8.78 Å². The maximum absolute atomic E-state index is 14.0. The summed E-state index contributed by atoms with van der Waals surface area (Å²) in [6.45, 7) is 1.65. The van der Waals surface area contributed by atoms with Crippen molar-refractivity contribution >= 4 is 0 Å². The van der Waals surface area contributed by atoms with Gasteiger partial charge in [-0.3, -0.25) is 0 Å². The van der Waals surface area contributed by atoms with Gasteiger partial charge in [-0.2, -0.15) is 0 Å². The van der Waals surface area contributed by atoms with Gasteiger partial charge in [0.1, 0.15) is 11.6 Å². The minimum atomic E-state index is -0.525. The zero-order chi connectivity index (χ0) is 13.8. The summed E-state index contributed by atoms with van der Waals surface area (Å²) in [6.07, 6.45) is 7.97. The Hall–Kier alpha value is -0.960. The van der Waals surface area contributed by atoms with Crippen LogP contribution in [0, 0.1) is 24.5 Å². The van der Waals surface area contributed by atoms with Crippen LogP contribution in [-0.2, 0) is 0 Å². The van der Waals surface area contributed by atoms with Gasteiger partial charge in [0.2, 0.25) is 0 Å². The second kappa shape index (κ2) is 6.47. The normalized spacial score (nSPS) is 19.2. The fraction of sp³-hybridized carbons (Fsp3) is 0.625. The summed E-state index contributed by atoms with van der Waals surface area (Å²) in [5, 5.41) is 0. The van der Waals surface area contributed by atoms with E-state index in [1.54, 1.807) is 6.92 Å². The van der Waals surface area contributed by atoms with Crippen LogP contribution in [0.15, 0.2) is 12.1 Å². The number of hydrogen-bond donors (Lipinski definition) is 1. The Labute approximate surface area is 114 Å². The summed E-state index contributed by atoms with van der Waals surface area (Å²) in [7, 11) is 0. The summed E-state index contributed by atoms with van der Waals surface area (Å²) in [5.41, 5.74) is 6.61. The van der Waals surface area contributed by atoms with Gasteiger partial charge in [0.25, 0.3) is 0 Å². The quantitative estimate of drug-likeness (QED) is 0.794. The lowest BCUT2D eigenvalue weighted by atomic mass is 9.89. The first-order valence-electron chi connectivity index (χ1n) is 7.29. The highest BCUT2D eigenvalue weighted by Gasteiger charge is 2.22. The molecule has 1 aliphatic carbocycles. The van der Waals surface area contributed by atoms with Gasteiger partial charge in [-0.25, -0.2) is 8.78 Å². The van der Waals surface area contributed by atoms with E-state index < -0.39 is 17.7 Å². The zero-order valence-corrected chi connectivity index (χ0v) is 11.6.